The van der Waals surface area contributed by atoms with Crippen molar-refractivity contribution in [2.24, 2.45) is 0 Å². The van der Waals surface area contributed by atoms with Crippen LogP contribution in [0.1, 0.15) is 17.2 Å². The van der Waals surface area contributed by atoms with Gasteiger partial charge in [0.15, 0.2) is 9.84 Å². The van der Waals surface area contributed by atoms with E-state index in [1.807, 2.05) is 6.07 Å². The van der Waals surface area contributed by atoms with Crippen LogP contribution in [0.2, 0.25) is 0 Å². The van der Waals surface area contributed by atoms with Crippen LogP contribution in [0.25, 0.3) is 0 Å². The summed E-state index contributed by atoms with van der Waals surface area (Å²) in [5, 5.41) is 8.92. The van der Waals surface area contributed by atoms with Gasteiger partial charge in [-0.15, -0.1) is 0 Å². The number of rotatable bonds is 5. The lowest BCUT2D eigenvalue weighted by Gasteiger charge is -2.39. The maximum absolute atomic E-state index is 14.0. The highest BCUT2D eigenvalue weighted by Crippen LogP contribution is 2.39. The molecule has 0 spiro atoms. The lowest BCUT2D eigenvalue weighted by Crippen LogP contribution is -2.52. The van der Waals surface area contributed by atoms with Crippen LogP contribution >= 0.6 is 0 Å². The monoisotopic (exact) mass is 429 g/mol. The molecule has 1 heterocycles. The third-order valence-electron chi connectivity index (χ3n) is 5.88. The van der Waals surface area contributed by atoms with Crippen molar-refractivity contribution in [2.75, 3.05) is 39.0 Å². The molecule has 8 heteroatoms. The molecule has 2 aliphatic rings. The van der Waals surface area contributed by atoms with Gasteiger partial charge in [-0.05, 0) is 48.4 Å². The number of nitriles is 1. The number of sulfone groups is 1. The van der Waals surface area contributed by atoms with Crippen molar-refractivity contribution in [3.05, 3.63) is 59.4 Å². The maximum atomic E-state index is 14.0. The Morgan fingerprint density at radius 1 is 1.13 bits per heavy atom. The Balaban J connectivity index is 1.57. The minimum absolute atomic E-state index is 0.0561. The van der Waals surface area contributed by atoms with Crippen molar-refractivity contribution >= 4 is 9.84 Å². The van der Waals surface area contributed by atoms with E-state index < -0.39 is 9.84 Å². The highest BCUT2D eigenvalue weighted by Gasteiger charge is 2.39. The first kappa shape index (κ1) is 20.8. The SMILES string of the molecule is CS(=O)(=O)c1ccc(O[C@H]2c3cc(F)ccc3C[C@@H]2N2CCN(CC#N)CC2)cc1. The summed E-state index contributed by atoms with van der Waals surface area (Å²) >= 11 is 0. The molecule has 30 heavy (non-hydrogen) atoms. The molecule has 2 aromatic carbocycles. The molecule has 1 aliphatic heterocycles. The average molecular weight is 430 g/mol. The zero-order chi connectivity index (χ0) is 21.3. The summed E-state index contributed by atoms with van der Waals surface area (Å²) in [6.45, 7) is 3.68. The molecule has 0 N–H and O–H groups in total. The minimum atomic E-state index is -3.28. The third kappa shape index (κ3) is 4.33. The Bertz CT molecular complexity index is 1060. The molecule has 1 fully saturated rings. The normalized spacial score (nSPS) is 22.4. The second-order valence-electron chi connectivity index (χ2n) is 7.87. The molecule has 0 bridgehead atoms. The largest absolute Gasteiger partial charge is 0.484 e. The third-order valence-corrected chi connectivity index (χ3v) is 7.01. The Morgan fingerprint density at radius 2 is 1.83 bits per heavy atom. The molecule has 0 unspecified atom stereocenters. The van der Waals surface area contributed by atoms with Crippen molar-refractivity contribution in [1.29, 1.82) is 5.26 Å². The Labute approximate surface area is 176 Å². The van der Waals surface area contributed by atoms with Gasteiger partial charge in [-0.25, -0.2) is 12.8 Å². The van der Waals surface area contributed by atoms with Crippen LogP contribution in [0.4, 0.5) is 4.39 Å². The van der Waals surface area contributed by atoms with E-state index in [9.17, 15) is 12.8 Å². The van der Waals surface area contributed by atoms with Crippen LogP contribution in [-0.2, 0) is 16.3 Å². The molecule has 2 atom stereocenters. The number of ether oxygens (including phenoxy) is 1. The first-order valence-corrected chi connectivity index (χ1v) is 11.8. The van der Waals surface area contributed by atoms with Gasteiger partial charge in [0.25, 0.3) is 0 Å². The topological polar surface area (TPSA) is 73.6 Å². The van der Waals surface area contributed by atoms with Crippen molar-refractivity contribution in [1.82, 2.24) is 9.80 Å². The van der Waals surface area contributed by atoms with Gasteiger partial charge in [-0.1, -0.05) is 6.07 Å². The van der Waals surface area contributed by atoms with Gasteiger partial charge in [0.2, 0.25) is 0 Å². The van der Waals surface area contributed by atoms with E-state index in [0.29, 0.717) is 12.3 Å². The standard InChI is InChI=1S/C22H24FN3O3S/c1-30(27,28)19-6-4-18(5-7-19)29-22-20-15-17(23)3-2-16(20)14-21(22)26-12-10-25(9-8-24)11-13-26/h2-7,15,21-22H,9-14H2,1H3/t21-,22-/m0/s1. The van der Waals surface area contributed by atoms with Crippen molar-refractivity contribution < 1.29 is 17.5 Å². The Kier molecular flexibility index (Phi) is 5.78. The van der Waals surface area contributed by atoms with Crippen molar-refractivity contribution in [2.45, 2.75) is 23.5 Å². The van der Waals surface area contributed by atoms with E-state index >= 15 is 0 Å². The fourth-order valence-electron chi connectivity index (χ4n) is 4.28. The number of piperazine rings is 1. The summed E-state index contributed by atoms with van der Waals surface area (Å²) in [5.41, 5.74) is 1.91. The van der Waals surface area contributed by atoms with Crippen LogP contribution in [0.15, 0.2) is 47.4 Å². The van der Waals surface area contributed by atoms with Crippen molar-refractivity contribution in [3.8, 4) is 11.8 Å². The minimum Gasteiger partial charge on any atom is -0.484 e. The van der Waals surface area contributed by atoms with Gasteiger partial charge in [-0.3, -0.25) is 9.80 Å². The summed E-state index contributed by atoms with van der Waals surface area (Å²) in [6.07, 6.45) is 1.59. The van der Waals surface area contributed by atoms with E-state index in [1.165, 1.54) is 30.5 Å². The van der Waals surface area contributed by atoms with E-state index in [-0.39, 0.29) is 22.9 Å². The fraction of sp³-hybridized carbons (Fsp3) is 0.409. The van der Waals surface area contributed by atoms with Crippen LogP contribution in [0.5, 0.6) is 5.75 Å². The predicted molar refractivity (Wildman–Crippen MR) is 110 cm³/mol. The average Bonchev–Trinajstić information content (AvgIpc) is 3.06. The lowest BCUT2D eigenvalue weighted by molar-refractivity contribution is 0.0422. The molecular weight excluding hydrogens is 405 g/mol. The Morgan fingerprint density at radius 3 is 2.47 bits per heavy atom. The van der Waals surface area contributed by atoms with Crippen LogP contribution in [0, 0.1) is 17.1 Å². The molecule has 6 nitrogen and oxygen atoms in total. The summed E-state index contributed by atoms with van der Waals surface area (Å²) < 4.78 is 43.7. The molecule has 0 radical (unpaired) electrons. The number of benzene rings is 2. The summed E-state index contributed by atoms with van der Waals surface area (Å²) in [7, 11) is -3.28. The zero-order valence-corrected chi connectivity index (χ0v) is 17.6. The van der Waals surface area contributed by atoms with Gasteiger partial charge in [0, 0.05) is 38.0 Å². The number of nitrogens with zero attached hydrogens (tertiary/aromatic N) is 3. The maximum Gasteiger partial charge on any atom is 0.175 e. The number of hydrogen-bond donors (Lipinski definition) is 0. The molecule has 2 aromatic rings. The van der Waals surface area contributed by atoms with Crippen LogP contribution < -0.4 is 4.74 Å². The molecule has 0 amide bonds. The van der Waals surface area contributed by atoms with Gasteiger partial charge in [0.05, 0.1) is 23.6 Å². The second-order valence-corrected chi connectivity index (χ2v) is 9.88. The number of hydrogen-bond acceptors (Lipinski definition) is 6. The molecule has 4 rings (SSSR count). The summed E-state index contributed by atoms with van der Waals surface area (Å²) in [5.74, 6) is 0.256. The van der Waals surface area contributed by atoms with E-state index in [4.69, 9.17) is 10.00 Å². The quantitative estimate of drug-likeness (QED) is 0.680. The zero-order valence-electron chi connectivity index (χ0n) is 16.8. The Hall–Kier alpha value is -2.47. The molecule has 0 aromatic heterocycles. The molecule has 1 saturated heterocycles. The van der Waals surface area contributed by atoms with E-state index in [0.717, 1.165) is 43.7 Å². The smallest absolute Gasteiger partial charge is 0.175 e. The summed E-state index contributed by atoms with van der Waals surface area (Å²) in [4.78, 5) is 4.71. The molecule has 0 saturated carbocycles. The van der Waals surface area contributed by atoms with Gasteiger partial charge in [-0.2, -0.15) is 5.26 Å². The van der Waals surface area contributed by atoms with Gasteiger partial charge >= 0.3 is 0 Å². The van der Waals surface area contributed by atoms with Gasteiger partial charge in [0.1, 0.15) is 17.7 Å². The molecule has 1 aliphatic carbocycles. The van der Waals surface area contributed by atoms with E-state index in [1.54, 1.807) is 12.1 Å². The second kappa shape index (κ2) is 8.34. The first-order valence-electron chi connectivity index (χ1n) is 9.93. The van der Waals surface area contributed by atoms with Crippen LogP contribution in [-0.4, -0.2) is 63.2 Å². The first-order chi connectivity index (χ1) is 14.3. The highest BCUT2D eigenvalue weighted by atomic mass is 32.2. The number of halogens is 1. The predicted octanol–water partition coefficient (Wildman–Crippen LogP) is 2.42. The fourth-order valence-corrected chi connectivity index (χ4v) is 4.91. The van der Waals surface area contributed by atoms with Crippen LogP contribution in [0.3, 0.4) is 0 Å². The van der Waals surface area contributed by atoms with Gasteiger partial charge < -0.3 is 4.74 Å². The highest BCUT2D eigenvalue weighted by molar-refractivity contribution is 7.90. The van der Waals surface area contributed by atoms with E-state index in [2.05, 4.69) is 15.9 Å². The van der Waals surface area contributed by atoms with Crippen molar-refractivity contribution in [3.63, 3.8) is 0 Å². The summed E-state index contributed by atoms with van der Waals surface area (Å²) in [6, 6.07) is 13.4. The molecular formula is C22H24FN3O3S. The number of fused-ring (bicyclic) bond motifs is 1. The molecule has 158 valence electrons. The lowest BCUT2D eigenvalue weighted by atomic mass is 10.1.